The quantitative estimate of drug-likeness (QED) is 0.775. The van der Waals surface area contributed by atoms with Crippen LogP contribution in [0.5, 0.6) is 0 Å². The first-order valence-corrected chi connectivity index (χ1v) is 10.3. The van der Waals surface area contributed by atoms with Crippen molar-refractivity contribution in [3.63, 3.8) is 0 Å². The van der Waals surface area contributed by atoms with E-state index >= 15 is 0 Å². The number of carbonyl (C=O) groups is 2. The zero-order chi connectivity index (χ0) is 20.3. The molecule has 0 aromatic heterocycles. The summed E-state index contributed by atoms with van der Waals surface area (Å²) in [5.74, 6) is 0.0788. The largest absolute Gasteiger partial charge is 0.326 e. The van der Waals surface area contributed by atoms with E-state index in [9.17, 15) is 9.59 Å². The Morgan fingerprint density at radius 3 is 2.21 bits per heavy atom. The number of anilines is 2. The fourth-order valence-corrected chi connectivity index (χ4v) is 3.86. The third-order valence-corrected chi connectivity index (χ3v) is 5.58. The molecule has 1 atom stereocenters. The summed E-state index contributed by atoms with van der Waals surface area (Å²) in [6.07, 6.45) is 2.00. The summed E-state index contributed by atoms with van der Waals surface area (Å²) in [7, 11) is 0. The Kier molecular flexibility index (Phi) is 6.18. The van der Waals surface area contributed by atoms with Crippen molar-refractivity contribution < 1.29 is 9.59 Å². The van der Waals surface area contributed by atoms with Crippen LogP contribution >= 0.6 is 0 Å². The Balaban J connectivity index is 1.75. The topological polar surface area (TPSA) is 49.4 Å². The van der Waals surface area contributed by atoms with Crippen LogP contribution in [0.3, 0.4) is 0 Å². The van der Waals surface area contributed by atoms with E-state index in [4.69, 9.17) is 0 Å². The molecule has 1 saturated heterocycles. The monoisotopic (exact) mass is 378 g/mol. The molecule has 1 aliphatic heterocycles. The van der Waals surface area contributed by atoms with Gasteiger partial charge in [-0.15, -0.1) is 0 Å². The van der Waals surface area contributed by atoms with Gasteiger partial charge < -0.3 is 10.2 Å². The first-order chi connectivity index (χ1) is 13.4. The third kappa shape index (κ3) is 4.11. The lowest BCUT2D eigenvalue weighted by Crippen LogP contribution is -2.29. The number of nitrogens with zero attached hydrogens (tertiary/aromatic N) is 1. The normalized spacial score (nSPS) is 16.7. The van der Waals surface area contributed by atoms with Gasteiger partial charge in [-0.2, -0.15) is 0 Å². The van der Waals surface area contributed by atoms with Crippen molar-refractivity contribution >= 4 is 23.2 Å². The molecule has 1 fully saturated rings. The molecule has 0 radical (unpaired) electrons. The van der Waals surface area contributed by atoms with E-state index < -0.39 is 0 Å². The van der Waals surface area contributed by atoms with Gasteiger partial charge in [0.1, 0.15) is 0 Å². The van der Waals surface area contributed by atoms with Crippen molar-refractivity contribution in [1.29, 1.82) is 0 Å². The van der Waals surface area contributed by atoms with Crippen LogP contribution in [-0.4, -0.2) is 18.4 Å². The smallest absolute Gasteiger partial charge is 0.229 e. The molecule has 28 heavy (non-hydrogen) atoms. The zero-order valence-corrected chi connectivity index (χ0v) is 17.3. The van der Waals surface area contributed by atoms with Crippen LogP contribution < -0.4 is 10.2 Å². The molecule has 0 bridgehead atoms. The molecule has 3 rings (SSSR count). The molecule has 1 N–H and O–H groups in total. The van der Waals surface area contributed by atoms with Crippen LogP contribution in [0.25, 0.3) is 0 Å². The number of nitrogens with one attached hydrogen (secondary N) is 1. The maximum absolute atomic E-state index is 12.8. The Hall–Kier alpha value is -2.62. The lowest BCUT2D eigenvalue weighted by molar-refractivity contribution is -0.122. The van der Waals surface area contributed by atoms with Crippen molar-refractivity contribution in [3.8, 4) is 0 Å². The highest BCUT2D eigenvalue weighted by molar-refractivity contribution is 6.04. The molecule has 4 nitrogen and oxygen atoms in total. The Bertz CT molecular complexity index is 833. The number of amides is 2. The lowest BCUT2D eigenvalue weighted by Gasteiger charge is -2.23. The van der Waals surface area contributed by atoms with Crippen molar-refractivity contribution in [1.82, 2.24) is 0 Å². The molecule has 2 aromatic rings. The van der Waals surface area contributed by atoms with Crippen LogP contribution in [0.15, 0.2) is 42.5 Å². The molecular weight excluding hydrogens is 348 g/mol. The standard InChI is InChI=1S/C24H30N2O2/c1-5-17-8-7-9-18(6-2)23(17)26-15-20(14-22(26)27)24(28)25-21-12-10-19(11-13-21)16(3)4/h7-13,16,20H,5-6,14-15H2,1-4H3,(H,25,28). The van der Waals surface area contributed by atoms with Crippen molar-refractivity contribution in [2.45, 2.75) is 52.9 Å². The van der Waals surface area contributed by atoms with Gasteiger partial charge >= 0.3 is 0 Å². The molecule has 0 spiro atoms. The minimum absolute atomic E-state index is 0.0332. The van der Waals surface area contributed by atoms with Crippen LogP contribution in [-0.2, 0) is 22.4 Å². The third-order valence-electron chi connectivity index (χ3n) is 5.58. The Morgan fingerprint density at radius 1 is 1.07 bits per heavy atom. The van der Waals surface area contributed by atoms with E-state index in [0.717, 1.165) is 35.3 Å². The predicted octanol–water partition coefficient (Wildman–Crippen LogP) is 4.93. The van der Waals surface area contributed by atoms with E-state index in [1.54, 1.807) is 0 Å². The number of carbonyl (C=O) groups excluding carboxylic acids is 2. The fourth-order valence-electron chi connectivity index (χ4n) is 3.86. The SMILES string of the molecule is CCc1cccc(CC)c1N1CC(C(=O)Nc2ccc(C(C)C)cc2)CC1=O. The average molecular weight is 379 g/mol. The van der Waals surface area contributed by atoms with Gasteiger partial charge in [0.2, 0.25) is 11.8 Å². The highest BCUT2D eigenvalue weighted by Gasteiger charge is 2.36. The first-order valence-electron chi connectivity index (χ1n) is 10.3. The summed E-state index contributed by atoms with van der Waals surface area (Å²) in [5, 5.41) is 2.98. The first kappa shape index (κ1) is 20.1. The predicted molar refractivity (Wildman–Crippen MR) is 115 cm³/mol. The molecule has 1 unspecified atom stereocenters. The molecule has 2 amide bonds. The van der Waals surface area contributed by atoms with Gasteiger partial charge in [0.15, 0.2) is 0 Å². The van der Waals surface area contributed by atoms with E-state index in [2.05, 4.69) is 45.1 Å². The van der Waals surface area contributed by atoms with Crippen molar-refractivity contribution in [3.05, 3.63) is 59.2 Å². The number of aryl methyl sites for hydroxylation is 2. The number of rotatable bonds is 6. The van der Waals surface area contributed by atoms with Crippen LogP contribution in [0, 0.1) is 5.92 Å². The van der Waals surface area contributed by atoms with E-state index in [1.165, 1.54) is 5.56 Å². The molecule has 148 valence electrons. The number of benzene rings is 2. The van der Waals surface area contributed by atoms with Crippen LogP contribution in [0.4, 0.5) is 11.4 Å². The molecular formula is C24H30N2O2. The summed E-state index contributed by atoms with van der Waals surface area (Å²) in [5.41, 5.74) is 5.36. The highest BCUT2D eigenvalue weighted by Crippen LogP contribution is 2.33. The second-order valence-corrected chi connectivity index (χ2v) is 7.80. The Labute approximate surface area is 167 Å². The maximum Gasteiger partial charge on any atom is 0.229 e. The minimum atomic E-state index is -0.327. The number of hydrogen-bond acceptors (Lipinski definition) is 2. The van der Waals surface area contributed by atoms with Gasteiger partial charge in [-0.25, -0.2) is 0 Å². The number of hydrogen-bond donors (Lipinski definition) is 1. The average Bonchev–Trinajstić information content (AvgIpc) is 3.09. The fraction of sp³-hybridized carbons (Fsp3) is 0.417. The number of para-hydroxylation sites is 1. The van der Waals surface area contributed by atoms with Crippen LogP contribution in [0.2, 0.25) is 0 Å². The summed E-state index contributed by atoms with van der Waals surface area (Å²) < 4.78 is 0. The van der Waals surface area contributed by atoms with Gasteiger partial charge in [-0.1, -0.05) is 58.0 Å². The van der Waals surface area contributed by atoms with E-state index in [0.29, 0.717) is 12.5 Å². The van der Waals surface area contributed by atoms with Crippen molar-refractivity contribution in [2.75, 3.05) is 16.8 Å². The summed E-state index contributed by atoms with van der Waals surface area (Å²) in [6, 6.07) is 14.1. The van der Waals surface area contributed by atoms with E-state index in [1.807, 2.05) is 35.2 Å². The molecule has 0 saturated carbocycles. The summed E-state index contributed by atoms with van der Waals surface area (Å²) in [4.78, 5) is 27.3. The van der Waals surface area contributed by atoms with Gasteiger partial charge in [0, 0.05) is 24.3 Å². The van der Waals surface area contributed by atoms with Gasteiger partial charge in [0.25, 0.3) is 0 Å². The van der Waals surface area contributed by atoms with Gasteiger partial charge in [0.05, 0.1) is 5.92 Å². The van der Waals surface area contributed by atoms with Crippen LogP contribution in [0.1, 0.15) is 56.7 Å². The molecule has 1 aliphatic rings. The van der Waals surface area contributed by atoms with Crippen molar-refractivity contribution in [2.24, 2.45) is 5.92 Å². The van der Waals surface area contributed by atoms with Gasteiger partial charge in [-0.05, 0) is 47.6 Å². The molecule has 2 aromatic carbocycles. The lowest BCUT2D eigenvalue weighted by atomic mass is 10.0. The van der Waals surface area contributed by atoms with Gasteiger partial charge in [-0.3, -0.25) is 9.59 Å². The molecule has 0 aliphatic carbocycles. The highest BCUT2D eigenvalue weighted by atomic mass is 16.2. The summed E-state index contributed by atoms with van der Waals surface area (Å²) in [6.45, 7) is 8.93. The molecule has 4 heteroatoms. The summed E-state index contributed by atoms with van der Waals surface area (Å²) >= 11 is 0. The second-order valence-electron chi connectivity index (χ2n) is 7.80. The molecule has 1 heterocycles. The zero-order valence-electron chi connectivity index (χ0n) is 17.3. The minimum Gasteiger partial charge on any atom is -0.326 e. The Morgan fingerprint density at radius 2 is 1.68 bits per heavy atom. The maximum atomic E-state index is 12.8. The van der Waals surface area contributed by atoms with E-state index in [-0.39, 0.29) is 24.2 Å². The second kappa shape index (κ2) is 8.59.